The second kappa shape index (κ2) is 7.04. The summed E-state index contributed by atoms with van der Waals surface area (Å²) in [7, 11) is 3.93. The molecular formula is C15H21N3O2. The molecule has 0 aromatic carbocycles. The third-order valence-corrected chi connectivity index (χ3v) is 3.22. The molecule has 0 saturated carbocycles. The van der Waals surface area contributed by atoms with Crippen LogP contribution in [0.4, 0.5) is 0 Å². The molecule has 0 atom stereocenters. The largest absolute Gasteiger partial charge is 0.384 e. The molecule has 20 heavy (non-hydrogen) atoms. The number of nitrogens with zero attached hydrogens (tertiary/aromatic N) is 2. The van der Waals surface area contributed by atoms with Gasteiger partial charge in [0.25, 0.3) is 5.91 Å². The van der Waals surface area contributed by atoms with Crippen LogP contribution in [0.5, 0.6) is 0 Å². The van der Waals surface area contributed by atoms with Crippen molar-refractivity contribution in [3.8, 4) is 11.8 Å². The molecule has 2 N–H and O–H groups in total. The minimum Gasteiger partial charge on any atom is -0.384 e. The third-order valence-electron chi connectivity index (χ3n) is 3.22. The summed E-state index contributed by atoms with van der Waals surface area (Å²) in [6, 6.07) is 3.42. The molecule has 5 heteroatoms. The van der Waals surface area contributed by atoms with Crippen molar-refractivity contribution < 1.29 is 9.90 Å². The summed E-state index contributed by atoms with van der Waals surface area (Å²) in [6.45, 7) is 4.34. The van der Waals surface area contributed by atoms with Gasteiger partial charge in [-0.15, -0.1) is 0 Å². The summed E-state index contributed by atoms with van der Waals surface area (Å²) in [4.78, 5) is 18.3. The quantitative estimate of drug-likeness (QED) is 0.785. The highest BCUT2D eigenvalue weighted by molar-refractivity contribution is 5.94. The number of aliphatic hydroxyl groups excluding tert-OH is 1. The predicted octanol–water partition coefficient (Wildman–Crippen LogP) is 0.495. The first kappa shape index (κ1) is 16.2. The standard InChI is InChI=1S/C15H21N3O2/c1-15(2,18(3)4)11-17-14(20)13-12(8-6-10-19)7-5-9-16-13/h5,7,9,19H,10-11H2,1-4H3,(H,17,20). The summed E-state index contributed by atoms with van der Waals surface area (Å²) in [5.41, 5.74) is 0.645. The van der Waals surface area contributed by atoms with E-state index >= 15 is 0 Å². The van der Waals surface area contributed by atoms with E-state index in [1.807, 2.05) is 32.8 Å². The predicted molar refractivity (Wildman–Crippen MR) is 78.3 cm³/mol. The zero-order valence-electron chi connectivity index (χ0n) is 12.4. The number of hydrogen-bond donors (Lipinski definition) is 2. The van der Waals surface area contributed by atoms with Gasteiger partial charge in [0.1, 0.15) is 12.3 Å². The number of nitrogens with one attached hydrogen (secondary N) is 1. The van der Waals surface area contributed by atoms with Crippen LogP contribution in [-0.4, -0.2) is 53.7 Å². The maximum absolute atomic E-state index is 12.2. The minimum atomic E-state index is -0.261. The number of carbonyl (C=O) groups excluding carboxylic acids is 1. The summed E-state index contributed by atoms with van der Waals surface area (Å²) >= 11 is 0. The van der Waals surface area contributed by atoms with Gasteiger partial charge in [0.2, 0.25) is 0 Å². The Hall–Kier alpha value is -1.90. The highest BCUT2D eigenvalue weighted by atomic mass is 16.2. The van der Waals surface area contributed by atoms with Gasteiger partial charge in [-0.1, -0.05) is 11.8 Å². The maximum atomic E-state index is 12.2. The first-order valence-electron chi connectivity index (χ1n) is 6.39. The molecule has 1 aromatic heterocycles. The molecule has 0 aliphatic carbocycles. The molecule has 0 saturated heterocycles. The molecule has 0 fully saturated rings. The normalized spacial score (nSPS) is 10.9. The average molecular weight is 275 g/mol. The third kappa shape index (κ3) is 4.34. The second-order valence-corrected chi connectivity index (χ2v) is 5.25. The first-order valence-corrected chi connectivity index (χ1v) is 6.39. The Labute approximate surface area is 120 Å². The molecule has 5 nitrogen and oxygen atoms in total. The zero-order valence-corrected chi connectivity index (χ0v) is 12.4. The van der Waals surface area contributed by atoms with Crippen LogP contribution in [0.2, 0.25) is 0 Å². The van der Waals surface area contributed by atoms with Crippen LogP contribution in [0.1, 0.15) is 29.9 Å². The molecule has 108 valence electrons. The van der Waals surface area contributed by atoms with Crippen LogP contribution in [0, 0.1) is 11.8 Å². The van der Waals surface area contributed by atoms with E-state index in [4.69, 9.17) is 5.11 Å². The van der Waals surface area contributed by atoms with Gasteiger partial charge >= 0.3 is 0 Å². The molecule has 1 rings (SSSR count). The molecule has 1 aromatic rings. The number of aliphatic hydroxyl groups is 1. The van der Waals surface area contributed by atoms with E-state index in [1.54, 1.807) is 18.3 Å². The molecule has 0 radical (unpaired) electrons. The number of rotatable bonds is 4. The van der Waals surface area contributed by atoms with Gasteiger partial charge in [-0.3, -0.25) is 4.79 Å². The van der Waals surface area contributed by atoms with Crippen LogP contribution in [0.15, 0.2) is 18.3 Å². The molecule has 1 amide bonds. The number of likely N-dealkylation sites (N-methyl/N-ethyl adjacent to an activating group) is 1. The summed E-state index contributed by atoms with van der Waals surface area (Å²) in [6.07, 6.45) is 1.55. The Morgan fingerprint density at radius 3 is 2.80 bits per heavy atom. The minimum absolute atomic E-state index is 0.151. The average Bonchev–Trinajstić information content (AvgIpc) is 2.42. The number of carbonyl (C=O) groups is 1. The lowest BCUT2D eigenvalue weighted by Crippen LogP contribution is -2.48. The smallest absolute Gasteiger partial charge is 0.271 e. The molecule has 0 unspecified atom stereocenters. The maximum Gasteiger partial charge on any atom is 0.271 e. The molecule has 0 bridgehead atoms. The van der Waals surface area contributed by atoms with Crippen molar-refractivity contribution in [1.82, 2.24) is 15.2 Å². The van der Waals surface area contributed by atoms with Gasteiger partial charge in [-0.2, -0.15) is 0 Å². The fraction of sp³-hybridized carbons (Fsp3) is 0.467. The topological polar surface area (TPSA) is 65.5 Å². The zero-order chi connectivity index (χ0) is 15.2. The highest BCUT2D eigenvalue weighted by Gasteiger charge is 2.22. The van der Waals surface area contributed by atoms with Gasteiger partial charge in [0, 0.05) is 18.3 Å². The fourth-order valence-corrected chi connectivity index (χ4v) is 1.36. The van der Waals surface area contributed by atoms with Crippen LogP contribution in [0.25, 0.3) is 0 Å². The number of amides is 1. The lowest BCUT2D eigenvalue weighted by Gasteiger charge is -2.32. The van der Waals surface area contributed by atoms with E-state index in [0.29, 0.717) is 12.1 Å². The van der Waals surface area contributed by atoms with Crippen LogP contribution < -0.4 is 5.32 Å². The number of hydrogen-bond acceptors (Lipinski definition) is 4. The van der Waals surface area contributed by atoms with E-state index in [9.17, 15) is 4.79 Å². The van der Waals surface area contributed by atoms with Crippen LogP contribution in [-0.2, 0) is 0 Å². The molecule has 1 heterocycles. The van der Waals surface area contributed by atoms with Crippen LogP contribution >= 0.6 is 0 Å². The Bertz CT molecular complexity index is 527. The Morgan fingerprint density at radius 1 is 1.50 bits per heavy atom. The highest BCUT2D eigenvalue weighted by Crippen LogP contribution is 2.09. The van der Waals surface area contributed by atoms with E-state index in [-0.39, 0.29) is 23.7 Å². The van der Waals surface area contributed by atoms with E-state index in [0.717, 1.165) is 0 Å². The van der Waals surface area contributed by atoms with Gasteiger partial charge in [-0.05, 0) is 40.1 Å². The first-order chi connectivity index (χ1) is 9.38. The molecular weight excluding hydrogens is 254 g/mol. The van der Waals surface area contributed by atoms with Crippen molar-refractivity contribution in [2.75, 3.05) is 27.2 Å². The fourth-order valence-electron chi connectivity index (χ4n) is 1.36. The van der Waals surface area contributed by atoms with E-state index in [1.165, 1.54) is 0 Å². The lowest BCUT2D eigenvalue weighted by molar-refractivity contribution is 0.0914. The second-order valence-electron chi connectivity index (χ2n) is 5.25. The molecule has 0 spiro atoms. The SMILES string of the molecule is CN(C)C(C)(C)CNC(=O)c1ncccc1C#CCO. The molecule has 0 aliphatic heterocycles. The van der Waals surface area contributed by atoms with E-state index in [2.05, 4.69) is 22.1 Å². The Morgan fingerprint density at radius 2 is 2.20 bits per heavy atom. The van der Waals surface area contributed by atoms with Gasteiger partial charge in [0.05, 0.1) is 5.56 Å². The monoisotopic (exact) mass is 275 g/mol. The van der Waals surface area contributed by atoms with Gasteiger partial charge < -0.3 is 15.3 Å². The number of pyridine rings is 1. The summed E-state index contributed by atoms with van der Waals surface area (Å²) in [5.74, 6) is 5.00. The molecule has 0 aliphatic rings. The van der Waals surface area contributed by atoms with Crippen LogP contribution in [0.3, 0.4) is 0 Å². The Balaban J connectivity index is 2.83. The summed E-state index contributed by atoms with van der Waals surface area (Å²) in [5, 5.41) is 11.6. The van der Waals surface area contributed by atoms with E-state index < -0.39 is 0 Å². The van der Waals surface area contributed by atoms with Crippen molar-refractivity contribution in [3.05, 3.63) is 29.6 Å². The van der Waals surface area contributed by atoms with Gasteiger partial charge in [0.15, 0.2) is 0 Å². The summed E-state index contributed by atoms with van der Waals surface area (Å²) < 4.78 is 0. The van der Waals surface area contributed by atoms with Crippen molar-refractivity contribution >= 4 is 5.91 Å². The lowest BCUT2D eigenvalue weighted by atomic mass is 10.0. The van der Waals surface area contributed by atoms with Gasteiger partial charge in [-0.25, -0.2) is 4.98 Å². The van der Waals surface area contributed by atoms with Crippen molar-refractivity contribution in [2.24, 2.45) is 0 Å². The van der Waals surface area contributed by atoms with Crippen molar-refractivity contribution in [3.63, 3.8) is 0 Å². The number of aromatic nitrogens is 1. The van der Waals surface area contributed by atoms with Crippen molar-refractivity contribution in [1.29, 1.82) is 0 Å². The van der Waals surface area contributed by atoms with Crippen molar-refractivity contribution in [2.45, 2.75) is 19.4 Å². The Kier molecular flexibility index (Phi) is 5.68.